The lowest BCUT2D eigenvalue weighted by molar-refractivity contribution is -0.132. The molecule has 114 valence electrons. The maximum Gasteiger partial charge on any atom is 0.227 e. The van der Waals surface area contributed by atoms with Crippen molar-refractivity contribution in [3.8, 4) is 0 Å². The molecule has 2 fully saturated rings. The van der Waals surface area contributed by atoms with Crippen molar-refractivity contribution in [2.24, 2.45) is 0 Å². The van der Waals surface area contributed by atoms with Crippen LogP contribution in [0.1, 0.15) is 37.7 Å². The Morgan fingerprint density at radius 2 is 1.62 bits per heavy atom. The molecule has 1 heterocycles. The highest BCUT2D eigenvalue weighted by atomic mass is 16.2. The lowest BCUT2D eigenvalue weighted by atomic mass is 9.94. The highest BCUT2D eigenvalue weighted by Gasteiger charge is 2.26. The highest BCUT2D eigenvalue weighted by Crippen LogP contribution is 2.23. The first kappa shape index (κ1) is 14.6. The molecular formula is C18H26N2O. The Kier molecular flexibility index (Phi) is 4.91. The quantitative estimate of drug-likeness (QED) is 0.853. The Labute approximate surface area is 127 Å². The third kappa shape index (κ3) is 3.85. The molecule has 2 aliphatic rings. The molecule has 1 aromatic rings. The zero-order valence-electron chi connectivity index (χ0n) is 12.8. The molecular weight excluding hydrogens is 260 g/mol. The number of carbonyl (C=O) groups is 1. The van der Waals surface area contributed by atoms with Crippen LogP contribution < -0.4 is 0 Å². The van der Waals surface area contributed by atoms with E-state index in [-0.39, 0.29) is 5.91 Å². The van der Waals surface area contributed by atoms with E-state index >= 15 is 0 Å². The molecule has 0 aromatic heterocycles. The van der Waals surface area contributed by atoms with Crippen LogP contribution in [0.15, 0.2) is 30.3 Å². The van der Waals surface area contributed by atoms with Crippen LogP contribution in [0.5, 0.6) is 0 Å². The number of rotatable bonds is 3. The Morgan fingerprint density at radius 1 is 0.952 bits per heavy atom. The summed E-state index contributed by atoms with van der Waals surface area (Å²) < 4.78 is 0. The molecule has 0 spiro atoms. The molecule has 0 radical (unpaired) electrons. The SMILES string of the molecule is O=C(Cc1ccccc1)N1CCN(C2CCCCC2)CC1. The minimum Gasteiger partial charge on any atom is -0.340 e. The fraction of sp³-hybridized carbons (Fsp3) is 0.611. The van der Waals surface area contributed by atoms with Gasteiger partial charge < -0.3 is 4.90 Å². The van der Waals surface area contributed by atoms with Crippen LogP contribution in [0.2, 0.25) is 0 Å². The van der Waals surface area contributed by atoms with Gasteiger partial charge in [0.25, 0.3) is 0 Å². The van der Waals surface area contributed by atoms with Gasteiger partial charge in [-0.1, -0.05) is 49.6 Å². The first-order valence-corrected chi connectivity index (χ1v) is 8.39. The highest BCUT2D eigenvalue weighted by molar-refractivity contribution is 5.78. The van der Waals surface area contributed by atoms with Crippen LogP contribution in [0.3, 0.4) is 0 Å². The normalized spacial score (nSPS) is 21.4. The van der Waals surface area contributed by atoms with Crippen molar-refractivity contribution < 1.29 is 4.79 Å². The Bertz CT molecular complexity index is 446. The third-order valence-electron chi connectivity index (χ3n) is 4.96. The topological polar surface area (TPSA) is 23.6 Å². The van der Waals surface area contributed by atoms with E-state index < -0.39 is 0 Å². The first-order chi connectivity index (χ1) is 10.3. The van der Waals surface area contributed by atoms with E-state index in [1.54, 1.807) is 0 Å². The molecule has 3 rings (SSSR count). The van der Waals surface area contributed by atoms with Crippen LogP contribution in [0.25, 0.3) is 0 Å². The van der Waals surface area contributed by atoms with Gasteiger partial charge in [-0.2, -0.15) is 0 Å². The molecule has 0 bridgehead atoms. The second kappa shape index (κ2) is 7.08. The Hall–Kier alpha value is -1.35. The van der Waals surface area contributed by atoms with Gasteiger partial charge in [0, 0.05) is 32.2 Å². The van der Waals surface area contributed by atoms with Gasteiger partial charge in [-0.25, -0.2) is 0 Å². The van der Waals surface area contributed by atoms with E-state index in [1.165, 1.54) is 32.1 Å². The van der Waals surface area contributed by atoms with Crippen LogP contribution >= 0.6 is 0 Å². The summed E-state index contributed by atoms with van der Waals surface area (Å²) in [5, 5.41) is 0. The predicted octanol–water partition coefficient (Wildman–Crippen LogP) is 2.71. The summed E-state index contributed by atoms with van der Waals surface area (Å²) in [5.74, 6) is 0.282. The Morgan fingerprint density at radius 3 is 2.29 bits per heavy atom. The Balaban J connectivity index is 1.47. The van der Waals surface area contributed by atoms with Crippen molar-refractivity contribution in [3.63, 3.8) is 0 Å². The van der Waals surface area contributed by atoms with E-state index in [0.29, 0.717) is 6.42 Å². The number of piperazine rings is 1. The summed E-state index contributed by atoms with van der Waals surface area (Å²) in [6, 6.07) is 10.9. The second-order valence-electron chi connectivity index (χ2n) is 6.37. The summed E-state index contributed by atoms with van der Waals surface area (Å²) in [4.78, 5) is 17.0. The average molecular weight is 286 g/mol. The van der Waals surface area contributed by atoms with Crippen molar-refractivity contribution in [1.29, 1.82) is 0 Å². The fourth-order valence-corrected chi connectivity index (χ4v) is 3.66. The number of benzene rings is 1. The molecule has 1 aliphatic carbocycles. The third-order valence-corrected chi connectivity index (χ3v) is 4.96. The lowest BCUT2D eigenvalue weighted by Gasteiger charge is -2.40. The molecule has 21 heavy (non-hydrogen) atoms. The van der Waals surface area contributed by atoms with Crippen LogP contribution in [0.4, 0.5) is 0 Å². The van der Waals surface area contributed by atoms with Gasteiger partial charge in [0.2, 0.25) is 5.91 Å². The molecule has 1 aromatic carbocycles. The van der Waals surface area contributed by atoms with Crippen LogP contribution in [-0.4, -0.2) is 47.9 Å². The summed E-state index contributed by atoms with van der Waals surface area (Å²) in [7, 11) is 0. The van der Waals surface area contributed by atoms with Gasteiger partial charge in [0.15, 0.2) is 0 Å². The van der Waals surface area contributed by atoms with Gasteiger partial charge in [-0.15, -0.1) is 0 Å². The number of amides is 1. The van der Waals surface area contributed by atoms with Gasteiger partial charge in [-0.3, -0.25) is 9.69 Å². The zero-order chi connectivity index (χ0) is 14.5. The van der Waals surface area contributed by atoms with Crippen molar-refractivity contribution >= 4 is 5.91 Å². The standard InChI is InChI=1S/C18H26N2O/c21-18(15-16-7-3-1-4-8-16)20-13-11-19(12-14-20)17-9-5-2-6-10-17/h1,3-4,7-8,17H,2,5-6,9-15H2. The second-order valence-corrected chi connectivity index (χ2v) is 6.37. The predicted molar refractivity (Wildman–Crippen MR) is 85.2 cm³/mol. The van der Waals surface area contributed by atoms with Gasteiger partial charge in [0.1, 0.15) is 0 Å². The molecule has 1 aliphatic heterocycles. The fourth-order valence-electron chi connectivity index (χ4n) is 3.66. The van der Waals surface area contributed by atoms with E-state index in [1.807, 2.05) is 35.2 Å². The van der Waals surface area contributed by atoms with E-state index in [0.717, 1.165) is 37.8 Å². The van der Waals surface area contributed by atoms with Crippen LogP contribution in [0, 0.1) is 0 Å². The monoisotopic (exact) mass is 286 g/mol. The van der Waals surface area contributed by atoms with Crippen molar-refractivity contribution in [3.05, 3.63) is 35.9 Å². The number of carbonyl (C=O) groups excluding carboxylic acids is 1. The smallest absolute Gasteiger partial charge is 0.227 e. The summed E-state index contributed by atoms with van der Waals surface area (Å²) in [6.07, 6.45) is 7.45. The van der Waals surface area contributed by atoms with E-state index in [9.17, 15) is 4.79 Å². The summed E-state index contributed by atoms with van der Waals surface area (Å²) in [6.45, 7) is 3.93. The van der Waals surface area contributed by atoms with Gasteiger partial charge in [-0.05, 0) is 18.4 Å². The summed E-state index contributed by atoms with van der Waals surface area (Å²) >= 11 is 0. The molecule has 1 saturated heterocycles. The molecule has 3 heteroatoms. The van der Waals surface area contributed by atoms with Gasteiger partial charge in [0.05, 0.1) is 6.42 Å². The number of nitrogens with zero attached hydrogens (tertiary/aromatic N) is 2. The van der Waals surface area contributed by atoms with Crippen molar-refractivity contribution in [2.45, 2.75) is 44.6 Å². The molecule has 1 amide bonds. The minimum absolute atomic E-state index is 0.282. The largest absolute Gasteiger partial charge is 0.340 e. The molecule has 0 unspecified atom stereocenters. The molecule has 3 nitrogen and oxygen atoms in total. The molecule has 0 atom stereocenters. The van der Waals surface area contributed by atoms with Crippen molar-refractivity contribution in [2.75, 3.05) is 26.2 Å². The number of hydrogen-bond donors (Lipinski definition) is 0. The van der Waals surface area contributed by atoms with E-state index in [4.69, 9.17) is 0 Å². The lowest BCUT2D eigenvalue weighted by Crippen LogP contribution is -2.52. The molecule has 0 N–H and O–H groups in total. The minimum atomic E-state index is 0.282. The maximum atomic E-state index is 12.4. The number of hydrogen-bond acceptors (Lipinski definition) is 2. The first-order valence-electron chi connectivity index (χ1n) is 8.39. The van der Waals surface area contributed by atoms with Crippen LogP contribution in [-0.2, 0) is 11.2 Å². The maximum absolute atomic E-state index is 12.4. The summed E-state index contributed by atoms with van der Waals surface area (Å²) in [5.41, 5.74) is 1.12. The molecule has 1 saturated carbocycles. The zero-order valence-corrected chi connectivity index (χ0v) is 12.8. The van der Waals surface area contributed by atoms with E-state index in [2.05, 4.69) is 4.90 Å². The van der Waals surface area contributed by atoms with Gasteiger partial charge >= 0.3 is 0 Å². The average Bonchev–Trinajstić information content (AvgIpc) is 2.57. The van der Waals surface area contributed by atoms with Crippen molar-refractivity contribution in [1.82, 2.24) is 9.80 Å².